The van der Waals surface area contributed by atoms with Crippen LogP contribution in [0.1, 0.15) is 49.6 Å². The van der Waals surface area contributed by atoms with Crippen molar-refractivity contribution in [2.45, 2.75) is 70.7 Å². The maximum absolute atomic E-state index is 5.55. The molecule has 1 aromatic heterocycles. The van der Waals surface area contributed by atoms with Crippen molar-refractivity contribution in [3.8, 4) is 0 Å². The van der Waals surface area contributed by atoms with Gasteiger partial charge in [0.25, 0.3) is 0 Å². The van der Waals surface area contributed by atoms with Gasteiger partial charge in [-0.1, -0.05) is 18.5 Å². The van der Waals surface area contributed by atoms with Gasteiger partial charge < -0.3 is 9.26 Å². The standard InChI is InChI=1S/C18H31N3O2/c1-5-16-15(13(2)23-19-16)12-20(3)17-7-6-8-18(17)21-10-9-14(11-21)22-4/h14,17-18H,5-12H2,1-4H3/t14?,17-,18+/m1/s1. The second-order valence-electron chi connectivity index (χ2n) is 7.14. The third-order valence-electron chi connectivity index (χ3n) is 5.80. The molecule has 0 amide bonds. The van der Waals surface area contributed by atoms with Gasteiger partial charge in [0.05, 0.1) is 11.8 Å². The second kappa shape index (κ2) is 7.32. The van der Waals surface area contributed by atoms with E-state index in [0.29, 0.717) is 18.2 Å². The van der Waals surface area contributed by atoms with Crippen LogP contribution < -0.4 is 0 Å². The first-order valence-electron chi connectivity index (χ1n) is 9.05. The minimum absolute atomic E-state index is 0.425. The predicted molar refractivity (Wildman–Crippen MR) is 90.5 cm³/mol. The highest BCUT2D eigenvalue weighted by Crippen LogP contribution is 2.32. The molecule has 5 heteroatoms. The summed E-state index contributed by atoms with van der Waals surface area (Å²) in [7, 11) is 4.10. The second-order valence-corrected chi connectivity index (χ2v) is 7.14. The van der Waals surface area contributed by atoms with Gasteiger partial charge in [-0.25, -0.2) is 0 Å². The lowest BCUT2D eigenvalue weighted by Gasteiger charge is -2.35. The third kappa shape index (κ3) is 3.47. The number of likely N-dealkylation sites (tertiary alicyclic amines) is 1. The van der Waals surface area contributed by atoms with E-state index in [1.165, 1.54) is 37.8 Å². The van der Waals surface area contributed by atoms with Crippen molar-refractivity contribution < 1.29 is 9.26 Å². The fourth-order valence-electron chi connectivity index (χ4n) is 4.39. The summed E-state index contributed by atoms with van der Waals surface area (Å²) in [6, 6.07) is 1.30. The molecule has 5 nitrogen and oxygen atoms in total. The van der Waals surface area contributed by atoms with E-state index in [0.717, 1.165) is 31.0 Å². The molecular weight excluding hydrogens is 290 g/mol. The van der Waals surface area contributed by atoms with E-state index in [2.05, 4.69) is 28.9 Å². The molecule has 2 heterocycles. The minimum atomic E-state index is 0.425. The van der Waals surface area contributed by atoms with Crippen molar-refractivity contribution in [3.63, 3.8) is 0 Å². The number of rotatable bonds is 6. The molecule has 1 saturated heterocycles. The Morgan fingerprint density at radius 2 is 2.17 bits per heavy atom. The molecule has 1 saturated carbocycles. The Bertz CT molecular complexity index is 516. The zero-order valence-corrected chi connectivity index (χ0v) is 15.0. The third-order valence-corrected chi connectivity index (χ3v) is 5.80. The number of likely N-dealkylation sites (N-methyl/N-ethyl adjacent to an activating group) is 1. The first-order valence-corrected chi connectivity index (χ1v) is 9.05. The summed E-state index contributed by atoms with van der Waals surface area (Å²) in [5.74, 6) is 0.976. The zero-order chi connectivity index (χ0) is 16.4. The molecule has 2 fully saturated rings. The topological polar surface area (TPSA) is 41.7 Å². The van der Waals surface area contributed by atoms with E-state index in [9.17, 15) is 0 Å². The van der Waals surface area contributed by atoms with Crippen molar-refractivity contribution in [3.05, 3.63) is 17.0 Å². The van der Waals surface area contributed by atoms with Gasteiger partial charge >= 0.3 is 0 Å². The number of hydrogen-bond acceptors (Lipinski definition) is 5. The molecule has 0 aromatic carbocycles. The maximum Gasteiger partial charge on any atom is 0.138 e. The van der Waals surface area contributed by atoms with Gasteiger partial charge in [0.2, 0.25) is 0 Å². The molecule has 2 aliphatic rings. The highest BCUT2D eigenvalue weighted by molar-refractivity contribution is 5.22. The van der Waals surface area contributed by atoms with E-state index in [1.807, 2.05) is 14.0 Å². The Labute approximate surface area is 139 Å². The van der Waals surface area contributed by atoms with Crippen LogP contribution in [-0.2, 0) is 17.7 Å². The van der Waals surface area contributed by atoms with E-state index >= 15 is 0 Å². The molecule has 130 valence electrons. The average molecular weight is 321 g/mol. The molecule has 0 N–H and O–H groups in total. The van der Waals surface area contributed by atoms with Gasteiger partial charge in [0, 0.05) is 44.4 Å². The van der Waals surface area contributed by atoms with E-state index in [-0.39, 0.29) is 0 Å². The van der Waals surface area contributed by atoms with Gasteiger partial charge in [0.1, 0.15) is 5.76 Å². The average Bonchev–Trinajstić information content (AvgIpc) is 3.26. The first kappa shape index (κ1) is 16.9. The van der Waals surface area contributed by atoms with Gasteiger partial charge in [-0.05, 0) is 39.7 Å². The number of methoxy groups -OCH3 is 1. The van der Waals surface area contributed by atoms with E-state index in [4.69, 9.17) is 9.26 Å². The Hall–Kier alpha value is -0.910. The lowest BCUT2D eigenvalue weighted by atomic mass is 10.1. The van der Waals surface area contributed by atoms with Crippen LogP contribution in [0.15, 0.2) is 4.52 Å². The molecule has 1 aliphatic carbocycles. The number of ether oxygens (including phenoxy) is 1. The minimum Gasteiger partial charge on any atom is -0.380 e. The number of aryl methyl sites for hydroxylation is 2. The highest BCUT2D eigenvalue weighted by Gasteiger charge is 2.38. The van der Waals surface area contributed by atoms with E-state index < -0.39 is 0 Å². The largest absolute Gasteiger partial charge is 0.380 e. The molecular formula is C18H31N3O2. The quantitative estimate of drug-likeness (QED) is 0.806. The van der Waals surface area contributed by atoms with Crippen LogP contribution in [0, 0.1) is 6.92 Å². The SMILES string of the molecule is CCc1noc(C)c1CN(C)[C@@H]1CCC[C@@H]1N1CCC(OC)C1. The van der Waals surface area contributed by atoms with Crippen molar-refractivity contribution in [1.29, 1.82) is 0 Å². The van der Waals surface area contributed by atoms with Crippen LogP contribution in [0.2, 0.25) is 0 Å². The van der Waals surface area contributed by atoms with Crippen LogP contribution in [0.4, 0.5) is 0 Å². The van der Waals surface area contributed by atoms with Crippen LogP contribution in [0.25, 0.3) is 0 Å². The van der Waals surface area contributed by atoms with Crippen molar-refractivity contribution in [1.82, 2.24) is 15.0 Å². The van der Waals surface area contributed by atoms with Crippen LogP contribution in [0.5, 0.6) is 0 Å². The molecule has 1 aromatic rings. The summed E-state index contributed by atoms with van der Waals surface area (Å²) < 4.78 is 11.0. The van der Waals surface area contributed by atoms with Crippen molar-refractivity contribution in [2.75, 3.05) is 27.2 Å². The molecule has 0 spiro atoms. The lowest BCUT2D eigenvalue weighted by molar-refractivity contribution is 0.0840. The summed E-state index contributed by atoms with van der Waals surface area (Å²) in [5, 5.41) is 4.20. The first-order chi connectivity index (χ1) is 11.1. The molecule has 1 unspecified atom stereocenters. The molecule has 23 heavy (non-hydrogen) atoms. The van der Waals surface area contributed by atoms with Crippen LogP contribution >= 0.6 is 0 Å². The Morgan fingerprint density at radius 3 is 2.87 bits per heavy atom. The fraction of sp³-hybridized carbons (Fsp3) is 0.833. The highest BCUT2D eigenvalue weighted by atomic mass is 16.5. The molecule has 0 radical (unpaired) electrons. The maximum atomic E-state index is 5.55. The van der Waals surface area contributed by atoms with Gasteiger partial charge in [-0.3, -0.25) is 9.80 Å². The summed E-state index contributed by atoms with van der Waals surface area (Å²) in [4.78, 5) is 5.18. The number of nitrogens with zero attached hydrogens (tertiary/aromatic N) is 3. The number of hydrogen-bond donors (Lipinski definition) is 0. The van der Waals surface area contributed by atoms with Crippen LogP contribution in [0.3, 0.4) is 0 Å². The van der Waals surface area contributed by atoms with Crippen LogP contribution in [-0.4, -0.2) is 60.4 Å². The monoisotopic (exact) mass is 321 g/mol. The summed E-state index contributed by atoms with van der Waals surface area (Å²) in [6.07, 6.45) is 6.48. The molecule has 3 atom stereocenters. The molecule has 0 bridgehead atoms. The summed E-state index contributed by atoms with van der Waals surface area (Å²) >= 11 is 0. The predicted octanol–water partition coefficient (Wildman–Crippen LogP) is 2.62. The smallest absolute Gasteiger partial charge is 0.138 e. The van der Waals surface area contributed by atoms with Gasteiger partial charge in [-0.15, -0.1) is 0 Å². The molecule has 3 rings (SSSR count). The van der Waals surface area contributed by atoms with Crippen molar-refractivity contribution >= 4 is 0 Å². The zero-order valence-electron chi connectivity index (χ0n) is 15.0. The lowest BCUT2D eigenvalue weighted by Crippen LogP contribution is -2.46. The van der Waals surface area contributed by atoms with E-state index in [1.54, 1.807) is 0 Å². The van der Waals surface area contributed by atoms with Gasteiger partial charge in [-0.2, -0.15) is 0 Å². The van der Waals surface area contributed by atoms with Gasteiger partial charge in [0.15, 0.2) is 0 Å². The number of aromatic nitrogens is 1. The summed E-state index contributed by atoms with van der Waals surface area (Å²) in [5.41, 5.74) is 2.40. The normalized spacial score (nSPS) is 29.0. The Balaban J connectivity index is 1.66. The molecule has 1 aliphatic heterocycles. The summed E-state index contributed by atoms with van der Waals surface area (Å²) in [6.45, 7) is 7.40. The van der Waals surface area contributed by atoms with Crippen molar-refractivity contribution in [2.24, 2.45) is 0 Å². The fourth-order valence-corrected chi connectivity index (χ4v) is 4.39. The Kier molecular flexibility index (Phi) is 5.39. The Morgan fingerprint density at radius 1 is 1.35 bits per heavy atom.